The average molecular weight is 665 g/mol. The molecule has 10 heteroatoms. The predicted octanol–water partition coefficient (Wildman–Crippen LogP) is 5.43. The van der Waals surface area contributed by atoms with Crippen molar-refractivity contribution in [3.05, 3.63) is 125 Å². The largest absolute Gasteiger partial charge is 0.492 e. The van der Waals surface area contributed by atoms with Crippen LogP contribution in [-0.2, 0) is 32.6 Å². The number of sulfonamides is 1. The third-order valence-electron chi connectivity index (χ3n) is 6.80. The van der Waals surface area contributed by atoms with Crippen LogP contribution in [0.5, 0.6) is 5.75 Å². The Hall–Kier alpha value is -4.15. The number of halogens is 1. The number of carbonyl (C=O) groups excluding carboxylic acids is 2. The topological polar surface area (TPSA) is 96.0 Å². The molecule has 1 unspecified atom stereocenters. The lowest BCUT2D eigenvalue weighted by atomic mass is 10.0. The number of carbonyl (C=O) groups is 2. The van der Waals surface area contributed by atoms with Crippen LogP contribution < -0.4 is 14.4 Å². The maximum atomic E-state index is 14.4. The number of para-hydroxylation sites is 2. The van der Waals surface area contributed by atoms with Crippen molar-refractivity contribution in [2.24, 2.45) is 0 Å². The molecule has 224 valence electrons. The quantitative estimate of drug-likeness (QED) is 0.206. The molecule has 0 fully saturated rings. The number of ether oxygens (including phenoxy) is 1. The molecule has 0 radical (unpaired) electrons. The molecule has 1 atom stereocenters. The Morgan fingerprint density at radius 1 is 0.860 bits per heavy atom. The van der Waals surface area contributed by atoms with Crippen molar-refractivity contribution in [3.63, 3.8) is 0 Å². The van der Waals surface area contributed by atoms with Gasteiger partial charge < -0.3 is 15.0 Å². The standard InChI is InChI=1S/C33H34BrN3O5S/c1-3-42-31-20-11-10-19-29(31)37(43(40,41)28-17-8-5-9-18-28)24-32(38)36(23-26-15-12-16-27(34)21-26)30(33(39)35-2)22-25-13-6-4-7-14-25/h4-21,30H,3,22-24H2,1-2H3,(H,35,39). The molecule has 0 heterocycles. The Morgan fingerprint density at radius 3 is 2.14 bits per heavy atom. The molecule has 8 nitrogen and oxygen atoms in total. The summed E-state index contributed by atoms with van der Waals surface area (Å²) in [5.41, 5.74) is 1.86. The zero-order chi connectivity index (χ0) is 30.8. The molecule has 2 amide bonds. The van der Waals surface area contributed by atoms with Crippen molar-refractivity contribution in [2.75, 3.05) is 24.5 Å². The first-order chi connectivity index (χ1) is 20.7. The van der Waals surface area contributed by atoms with Gasteiger partial charge in [0.05, 0.1) is 17.2 Å². The lowest BCUT2D eigenvalue weighted by Crippen LogP contribution is -2.53. The van der Waals surface area contributed by atoms with Gasteiger partial charge in [-0.1, -0.05) is 88.7 Å². The van der Waals surface area contributed by atoms with Gasteiger partial charge in [0.2, 0.25) is 11.8 Å². The third kappa shape index (κ3) is 8.03. The molecule has 0 spiro atoms. The first-order valence-corrected chi connectivity index (χ1v) is 16.1. The number of anilines is 1. The molecule has 0 aliphatic heterocycles. The fourth-order valence-corrected chi connectivity index (χ4v) is 6.62. The van der Waals surface area contributed by atoms with Crippen LogP contribution in [0.2, 0.25) is 0 Å². The zero-order valence-electron chi connectivity index (χ0n) is 24.0. The van der Waals surface area contributed by atoms with Gasteiger partial charge in [-0.15, -0.1) is 0 Å². The molecule has 43 heavy (non-hydrogen) atoms. The Bertz CT molecular complexity index is 1630. The lowest BCUT2D eigenvalue weighted by molar-refractivity contribution is -0.139. The fraction of sp³-hybridized carbons (Fsp3) is 0.212. The molecule has 0 aromatic heterocycles. The summed E-state index contributed by atoms with van der Waals surface area (Å²) in [5.74, 6) is -0.585. The molecule has 4 aromatic rings. The monoisotopic (exact) mass is 663 g/mol. The van der Waals surface area contributed by atoms with Gasteiger partial charge in [-0.25, -0.2) is 8.42 Å². The van der Waals surface area contributed by atoms with E-state index in [0.717, 1.165) is 19.9 Å². The van der Waals surface area contributed by atoms with Gasteiger partial charge in [-0.3, -0.25) is 13.9 Å². The first-order valence-electron chi connectivity index (χ1n) is 13.8. The van der Waals surface area contributed by atoms with Gasteiger partial charge in [-0.05, 0) is 54.4 Å². The van der Waals surface area contributed by atoms with E-state index in [-0.39, 0.29) is 29.5 Å². The maximum Gasteiger partial charge on any atom is 0.264 e. The summed E-state index contributed by atoms with van der Waals surface area (Å²) in [6.45, 7) is 1.62. The number of hydrogen-bond acceptors (Lipinski definition) is 5. The van der Waals surface area contributed by atoms with E-state index in [4.69, 9.17) is 4.74 Å². The molecule has 4 rings (SSSR count). The molecular weight excluding hydrogens is 630 g/mol. The van der Waals surface area contributed by atoms with Gasteiger partial charge in [0.25, 0.3) is 10.0 Å². The van der Waals surface area contributed by atoms with E-state index >= 15 is 0 Å². The molecular formula is C33H34BrN3O5S. The number of hydrogen-bond donors (Lipinski definition) is 1. The van der Waals surface area contributed by atoms with E-state index in [9.17, 15) is 18.0 Å². The molecule has 0 aliphatic carbocycles. The smallest absolute Gasteiger partial charge is 0.264 e. The summed E-state index contributed by atoms with van der Waals surface area (Å²) < 4.78 is 35.9. The van der Waals surface area contributed by atoms with Gasteiger partial charge in [-0.2, -0.15) is 0 Å². The average Bonchev–Trinajstić information content (AvgIpc) is 3.02. The van der Waals surface area contributed by atoms with Crippen molar-refractivity contribution in [1.82, 2.24) is 10.2 Å². The van der Waals surface area contributed by atoms with Crippen LogP contribution in [0.1, 0.15) is 18.1 Å². The molecule has 4 aromatic carbocycles. The number of benzene rings is 4. The highest BCUT2D eigenvalue weighted by Crippen LogP contribution is 2.33. The summed E-state index contributed by atoms with van der Waals surface area (Å²) >= 11 is 3.48. The molecule has 0 bridgehead atoms. The van der Waals surface area contributed by atoms with Crippen LogP contribution in [0.25, 0.3) is 0 Å². The highest BCUT2D eigenvalue weighted by atomic mass is 79.9. The number of likely N-dealkylation sites (N-methyl/N-ethyl adjacent to an activating group) is 1. The summed E-state index contributed by atoms with van der Waals surface area (Å²) in [6.07, 6.45) is 0.237. The van der Waals surface area contributed by atoms with Crippen molar-refractivity contribution >= 4 is 43.5 Å². The second-order valence-corrected chi connectivity index (χ2v) is 12.5. The van der Waals surface area contributed by atoms with Crippen molar-refractivity contribution in [2.45, 2.75) is 30.8 Å². The molecule has 0 aliphatic rings. The second kappa shape index (κ2) is 14.8. The van der Waals surface area contributed by atoms with Crippen LogP contribution in [0.15, 0.2) is 119 Å². The van der Waals surface area contributed by atoms with E-state index in [1.165, 1.54) is 24.1 Å². The number of nitrogens with zero attached hydrogens (tertiary/aromatic N) is 2. The minimum atomic E-state index is -4.22. The van der Waals surface area contributed by atoms with Gasteiger partial charge >= 0.3 is 0 Å². The SMILES string of the molecule is CCOc1ccccc1N(CC(=O)N(Cc1cccc(Br)c1)C(Cc1ccccc1)C(=O)NC)S(=O)(=O)c1ccccc1. The van der Waals surface area contributed by atoms with E-state index < -0.39 is 28.5 Å². The minimum absolute atomic E-state index is 0.0276. The van der Waals surface area contributed by atoms with E-state index in [2.05, 4.69) is 21.2 Å². The summed E-state index contributed by atoms with van der Waals surface area (Å²) in [6, 6.07) is 30.6. The van der Waals surface area contributed by atoms with E-state index in [1.807, 2.05) is 54.6 Å². The fourth-order valence-electron chi connectivity index (χ4n) is 4.73. The van der Waals surface area contributed by atoms with Crippen LogP contribution in [0, 0.1) is 0 Å². The number of amides is 2. The van der Waals surface area contributed by atoms with Crippen molar-refractivity contribution in [1.29, 1.82) is 0 Å². The minimum Gasteiger partial charge on any atom is -0.492 e. The Labute approximate surface area is 261 Å². The van der Waals surface area contributed by atoms with Gasteiger partial charge in [0.15, 0.2) is 0 Å². The maximum absolute atomic E-state index is 14.4. The number of rotatable bonds is 13. The zero-order valence-corrected chi connectivity index (χ0v) is 26.4. The van der Waals surface area contributed by atoms with Crippen LogP contribution in [0.4, 0.5) is 5.69 Å². The van der Waals surface area contributed by atoms with E-state index in [1.54, 1.807) is 49.4 Å². The highest BCUT2D eigenvalue weighted by Gasteiger charge is 2.35. The van der Waals surface area contributed by atoms with Gasteiger partial charge in [0.1, 0.15) is 18.3 Å². The first kappa shape index (κ1) is 31.8. The lowest BCUT2D eigenvalue weighted by Gasteiger charge is -2.34. The van der Waals surface area contributed by atoms with E-state index in [0.29, 0.717) is 12.4 Å². The van der Waals surface area contributed by atoms with Crippen molar-refractivity contribution < 1.29 is 22.7 Å². The summed E-state index contributed by atoms with van der Waals surface area (Å²) in [7, 11) is -2.70. The van der Waals surface area contributed by atoms with Crippen LogP contribution in [-0.4, -0.2) is 51.4 Å². The normalized spacial score (nSPS) is 11.8. The predicted molar refractivity (Wildman–Crippen MR) is 171 cm³/mol. The van der Waals surface area contributed by atoms with Crippen molar-refractivity contribution in [3.8, 4) is 5.75 Å². The summed E-state index contributed by atoms with van der Waals surface area (Å²) in [5, 5.41) is 2.69. The Balaban J connectivity index is 1.82. The van der Waals surface area contributed by atoms with Crippen LogP contribution in [0.3, 0.4) is 0 Å². The summed E-state index contributed by atoms with van der Waals surface area (Å²) in [4.78, 5) is 29.2. The Kier molecular flexibility index (Phi) is 11.0. The molecule has 0 saturated carbocycles. The second-order valence-electron chi connectivity index (χ2n) is 9.70. The van der Waals surface area contributed by atoms with Crippen LogP contribution >= 0.6 is 15.9 Å². The Morgan fingerprint density at radius 2 is 1.49 bits per heavy atom. The van der Waals surface area contributed by atoms with Gasteiger partial charge in [0, 0.05) is 24.5 Å². The third-order valence-corrected chi connectivity index (χ3v) is 9.07. The number of nitrogens with one attached hydrogen (secondary N) is 1. The highest BCUT2D eigenvalue weighted by molar-refractivity contribution is 9.10. The molecule has 1 N–H and O–H groups in total. The molecule has 0 saturated heterocycles.